The van der Waals surface area contributed by atoms with E-state index in [1.54, 1.807) is 25.4 Å². The highest BCUT2D eigenvalue weighted by Crippen LogP contribution is 2.05. The van der Waals surface area contributed by atoms with Gasteiger partial charge in [0.2, 0.25) is 0 Å². The molecule has 1 rings (SSSR count). The van der Waals surface area contributed by atoms with Crippen molar-refractivity contribution in [2.75, 3.05) is 7.11 Å². The van der Waals surface area contributed by atoms with Crippen molar-refractivity contribution in [3.8, 4) is 5.75 Å². The number of pyridine rings is 1. The minimum absolute atomic E-state index is 0.0690. The van der Waals surface area contributed by atoms with Crippen LogP contribution in [0.15, 0.2) is 18.3 Å². The van der Waals surface area contributed by atoms with E-state index in [4.69, 9.17) is 17.8 Å². The molecule has 1 heterocycles. The van der Waals surface area contributed by atoms with Crippen LogP contribution < -0.4 is 9.21 Å². The van der Waals surface area contributed by atoms with Crippen molar-refractivity contribution in [3.05, 3.63) is 24.0 Å². The van der Waals surface area contributed by atoms with E-state index in [0.29, 0.717) is 11.4 Å². The molecule has 0 amide bonds. The molecule has 0 saturated heterocycles. The molecule has 13 heavy (non-hydrogen) atoms. The summed E-state index contributed by atoms with van der Waals surface area (Å²) in [6.07, 6.45) is 1.60. The third-order valence-electron chi connectivity index (χ3n) is 1.44. The molecule has 0 atom stereocenters. The number of aliphatic hydroxyl groups is 1. The van der Waals surface area contributed by atoms with Crippen LogP contribution in [0.5, 0.6) is 5.75 Å². The highest BCUT2D eigenvalue weighted by molar-refractivity contribution is 5.94. The maximum absolute atomic E-state index is 8.74. The standard InChI is InChI=1S/C7H9BNO2.C2H6/c1-11-7-3-2-6(5-10)9(8)4-7;1-2/h2-4,10H,5H2,1H3;1-2H3/q+1;. The summed E-state index contributed by atoms with van der Waals surface area (Å²) in [5, 5.41) is 8.74. The summed E-state index contributed by atoms with van der Waals surface area (Å²) in [6, 6.07) is 3.45. The molecule has 70 valence electrons. The van der Waals surface area contributed by atoms with Gasteiger partial charge in [-0.3, -0.25) is 4.48 Å². The number of nitrogens with zero attached hydrogens (tertiary/aromatic N) is 1. The summed E-state index contributed by atoms with van der Waals surface area (Å²) in [5.41, 5.74) is 0.644. The third kappa shape index (κ3) is 3.46. The Hall–Kier alpha value is -1.03. The maximum atomic E-state index is 8.74. The predicted molar refractivity (Wildman–Crippen MR) is 51.6 cm³/mol. The minimum atomic E-state index is -0.0690. The molecule has 0 spiro atoms. The zero-order valence-corrected chi connectivity index (χ0v) is 8.32. The van der Waals surface area contributed by atoms with E-state index in [0.717, 1.165) is 0 Å². The maximum Gasteiger partial charge on any atom is 0.586 e. The molecule has 0 aliphatic rings. The van der Waals surface area contributed by atoms with Gasteiger partial charge < -0.3 is 9.84 Å². The van der Waals surface area contributed by atoms with E-state index in [9.17, 15) is 0 Å². The second-order valence-electron chi connectivity index (χ2n) is 2.13. The van der Waals surface area contributed by atoms with Gasteiger partial charge in [-0.1, -0.05) is 13.8 Å². The van der Waals surface area contributed by atoms with Gasteiger partial charge in [0, 0.05) is 6.07 Å². The fourth-order valence-corrected chi connectivity index (χ4v) is 0.783. The van der Waals surface area contributed by atoms with Crippen LogP contribution in [0.25, 0.3) is 0 Å². The molecule has 1 aromatic heterocycles. The van der Waals surface area contributed by atoms with Gasteiger partial charge in [0.05, 0.1) is 7.11 Å². The fraction of sp³-hybridized carbons (Fsp3) is 0.444. The molecule has 0 saturated carbocycles. The van der Waals surface area contributed by atoms with Crippen molar-refractivity contribution >= 4 is 7.98 Å². The highest BCUT2D eigenvalue weighted by Gasteiger charge is 2.05. The Balaban J connectivity index is 0.000000671. The van der Waals surface area contributed by atoms with Gasteiger partial charge in [-0.15, -0.1) is 0 Å². The number of rotatable bonds is 2. The number of aromatic nitrogens is 1. The second kappa shape index (κ2) is 6.49. The largest absolute Gasteiger partial charge is 0.586 e. The Morgan fingerprint density at radius 1 is 1.46 bits per heavy atom. The molecular formula is C9H15BNO2+. The van der Waals surface area contributed by atoms with Gasteiger partial charge in [0.15, 0.2) is 17.6 Å². The average Bonchev–Trinajstić information content (AvgIpc) is 2.20. The Bertz CT molecular complexity index is 253. The van der Waals surface area contributed by atoms with Gasteiger partial charge in [-0.25, -0.2) is 0 Å². The van der Waals surface area contributed by atoms with Crippen LogP contribution in [0.1, 0.15) is 19.5 Å². The molecule has 3 nitrogen and oxygen atoms in total. The highest BCUT2D eigenvalue weighted by atomic mass is 16.5. The lowest BCUT2D eigenvalue weighted by Gasteiger charge is -1.99. The van der Waals surface area contributed by atoms with Crippen molar-refractivity contribution in [2.24, 2.45) is 0 Å². The van der Waals surface area contributed by atoms with Gasteiger partial charge in [-0.05, 0) is 6.07 Å². The minimum Gasteiger partial charge on any atom is -0.491 e. The number of hydrogen-bond acceptors (Lipinski definition) is 2. The van der Waals surface area contributed by atoms with E-state index in [-0.39, 0.29) is 6.61 Å². The van der Waals surface area contributed by atoms with Crippen LogP contribution in [-0.2, 0) is 6.61 Å². The zero-order valence-electron chi connectivity index (χ0n) is 8.32. The molecule has 0 aliphatic carbocycles. The predicted octanol–water partition coefficient (Wildman–Crippen LogP) is 0.433. The van der Waals surface area contributed by atoms with E-state index in [1.165, 1.54) is 4.48 Å². The van der Waals surface area contributed by atoms with Gasteiger partial charge >= 0.3 is 7.98 Å². The van der Waals surface area contributed by atoms with Crippen LogP contribution in [0.4, 0.5) is 0 Å². The first-order chi connectivity index (χ1) is 6.27. The Morgan fingerprint density at radius 3 is 2.46 bits per heavy atom. The molecular weight excluding hydrogens is 165 g/mol. The Labute approximate surface area is 80.4 Å². The van der Waals surface area contributed by atoms with Crippen LogP contribution in [0.2, 0.25) is 0 Å². The van der Waals surface area contributed by atoms with Gasteiger partial charge in [0.25, 0.3) is 0 Å². The van der Waals surface area contributed by atoms with E-state index < -0.39 is 0 Å². The number of hydrogen-bond donors (Lipinski definition) is 1. The average molecular weight is 180 g/mol. The second-order valence-corrected chi connectivity index (χ2v) is 2.13. The lowest BCUT2D eigenvalue weighted by Crippen LogP contribution is -2.35. The van der Waals surface area contributed by atoms with Crippen LogP contribution in [-0.4, -0.2) is 20.2 Å². The molecule has 0 aliphatic heterocycles. The third-order valence-corrected chi connectivity index (χ3v) is 1.44. The number of aliphatic hydroxyl groups excluding tert-OH is 1. The molecule has 4 heteroatoms. The fourth-order valence-electron chi connectivity index (χ4n) is 0.783. The summed E-state index contributed by atoms with van der Waals surface area (Å²) >= 11 is 0. The molecule has 0 unspecified atom stereocenters. The Kier molecular flexibility index (Phi) is 5.98. The van der Waals surface area contributed by atoms with Crippen LogP contribution >= 0.6 is 0 Å². The van der Waals surface area contributed by atoms with Crippen molar-refractivity contribution in [3.63, 3.8) is 0 Å². The molecule has 0 fully saturated rings. The van der Waals surface area contributed by atoms with Crippen LogP contribution in [0, 0.1) is 0 Å². The van der Waals surface area contributed by atoms with Crippen LogP contribution in [0.3, 0.4) is 0 Å². The quantitative estimate of drug-likeness (QED) is 0.669. The van der Waals surface area contributed by atoms with E-state index >= 15 is 0 Å². The summed E-state index contributed by atoms with van der Waals surface area (Å²) in [6.45, 7) is 3.93. The monoisotopic (exact) mass is 180 g/mol. The number of ether oxygens (including phenoxy) is 1. The molecule has 1 N–H and O–H groups in total. The van der Waals surface area contributed by atoms with E-state index in [1.807, 2.05) is 13.8 Å². The summed E-state index contributed by atoms with van der Waals surface area (Å²) in [7, 11) is 7.05. The smallest absolute Gasteiger partial charge is 0.491 e. The normalized spacial score (nSPS) is 8.62. The summed E-state index contributed by atoms with van der Waals surface area (Å²) < 4.78 is 6.24. The van der Waals surface area contributed by atoms with Crippen molar-refractivity contribution < 1.29 is 14.3 Å². The SMILES string of the molecule is CC.[B][n+]1cc(OC)ccc1CO. The van der Waals surface area contributed by atoms with Gasteiger partial charge in [0.1, 0.15) is 6.61 Å². The first-order valence-electron chi connectivity index (χ1n) is 4.22. The summed E-state index contributed by atoms with van der Waals surface area (Å²) in [5.74, 6) is 0.671. The van der Waals surface area contributed by atoms with E-state index in [2.05, 4.69) is 0 Å². The molecule has 0 aromatic carbocycles. The number of methoxy groups -OCH3 is 1. The van der Waals surface area contributed by atoms with Crippen molar-refractivity contribution in [1.29, 1.82) is 0 Å². The zero-order chi connectivity index (χ0) is 10.3. The molecule has 0 bridgehead atoms. The first kappa shape index (κ1) is 12.0. The van der Waals surface area contributed by atoms with Gasteiger partial charge in [-0.2, -0.15) is 0 Å². The van der Waals surface area contributed by atoms with Crippen molar-refractivity contribution in [1.82, 2.24) is 0 Å². The summed E-state index contributed by atoms with van der Waals surface area (Å²) in [4.78, 5) is 0. The Morgan fingerprint density at radius 2 is 2.08 bits per heavy atom. The molecule has 1 aromatic rings. The lowest BCUT2D eigenvalue weighted by molar-refractivity contribution is -0.535. The van der Waals surface area contributed by atoms with Crippen molar-refractivity contribution in [2.45, 2.75) is 20.5 Å². The molecule has 2 radical (unpaired) electrons. The first-order valence-corrected chi connectivity index (χ1v) is 4.22. The lowest BCUT2D eigenvalue weighted by atomic mass is 10.2. The topological polar surface area (TPSA) is 33.3 Å².